The van der Waals surface area contributed by atoms with Crippen LogP contribution >= 0.6 is 0 Å². The van der Waals surface area contributed by atoms with Crippen LogP contribution in [0.1, 0.15) is 59.3 Å². The van der Waals surface area contributed by atoms with Crippen LogP contribution in [-0.2, 0) is 3.79 Å². The van der Waals surface area contributed by atoms with E-state index in [4.69, 9.17) is 3.79 Å². The molecule has 84 valence electrons. The Labute approximate surface area is 95.0 Å². The van der Waals surface area contributed by atoms with Gasteiger partial charge in [0.15, 0.2) is 0 Å². The first-order valence-electron chi connectivity index (χ1n) is 6.46. The summed E-state index contributed by atoms with van der Waals surface area (Å²) in [6, 6.07) is 0. The molecule has 0 aliphatic heterocycles. The SMILES string of the molecule is CCCCCC[O][Al]([CH2]CC)[CH2]CC. The zero-order valence-corrected chi connectivity index (χ0v) is 11.5. The molecule has 0 amide bonds. The molecule has 0 radical (unpaired) electrons. The first-order valence-corrected chi connectivity index (χ1v) is 8.57. The minimum absolute atomic E-state index is 0.785. The molecule has 0 aromatic heterocycles. The Kier molecular flexibility index (Phi) is 12.0. The van der Waals surface area contributed by atoms with Crippen molar-refractivity contribution in [3.05, 3.63) is 0 Å². The van der Waals surface area contributed by atoms with Gasteiger partial charge in [0.1, 0.15) is 0 Å². The number of hydrogen-bond donors (Lipinski definition) is 0. The highest BCUT2D eigenvalue weighted by Gasteiger charge is 2.17. The summed E-state index contributed by atoms with van der Waals surface area (Å²) in [5.74, 6) is 0. The molecule has 0 aromatic carbocycles. The highest BCUT2D eigenvalue weighted by atomic mass is 27.2. The lowest BCUT2D eigenvalue weighted by molar-refractivity contribution is 0.304. The molecule has 0 unspecified atom stereocenters. The third kappa shape index (κ3) is 9.06. The quantitative estimate of drug-likeness (QED) is 0.387. The van der Waals surface area contributed by atoms with E-state index in [9.17, 15) is 0 Å². The Morgan fingerprint density at radius 3 is 1.93 bits per heavy atom. The van der Waals surface area contributed by atoms with E-state index in [0.29, 0.717) is 0 Å². The van der Waals surface area contributed by atoms with Gasteiger partial charge in [-0.05, 0) is 6.42 Å². The van der Waals surface area contributed by atoms with E-state index in [-0.39, 0.29) is 0 Å². The Balaban J connectivity index is 3.30. The van der Waals surface area contributed by atoms with Crippen LogP contribution in [0, 0.1) is 0 Å². The Morgan fingerprint density at radius 2 is 1.43 bits per heavy atom. The largest absolute Gasteiger partial charge is 0.501 e. The molecule has 0 saturated carbocycles. The third-order valence-corrected chi connectivity index (χ3v) is 5.72. The van der Waals surface area contributed by atoms with Crippen molar-refractivity contribution in [1.82, 2.24) is 0 Å². The fourth-order valence-electron chi connectivity index (χ4n) is 1.73. The van der Waals surface area contributed by atoms with Gasteiger partial charge in [0.2, 0.25) is 0 Å². The van der Waals surface area contributed by atoms with E-state index in [1.165, 1.54) is 49.1 Å². The van der Waals surface area contributed by atoms with Gasteiger partial charge in [-0.3, -0.25) is 0 Å². The summed E-state index contributed by atoms with van der Waals surface area (Å²) in [6.45, 7) is 7.84. The molecule has 0 fully saturated rings. The van der Waals surface area contributed by atoms with Crippen LogP contribution in [0.3, 0.4) is 0 Å². The second kappa shape index (κ2) is 11.6. The molecule has 1 nitrogen and oxygen atoms in total. The van der Waals surface area contributed by atoms with E-state index in [0.717, 1.165) is 6.61 Å². The Morgan fingerprint density at radius 1 is 0.786 bits per heavy atom. The van der Waals surface area contributed by atoms with Gasteiger partial charge in [0, 0.05) is 6.61 Å². The third-order valence-electron chi connectivity index (χ3n) is 2.57. The summed E-state index contributed by atoms with van der Waals surface area (Å²) >= 11 is -0.785. The van der Waals surface area contributed by atoms with Crippen molar-refractivity contribution in [2.75, 3.05) is 6.61 Å². The Hall–Kier alpha value is 0.492. The molecular weight excluding hydrogens is 187 g/mol. The van der Waals surface area contributed by atoms with Crippen molar-refractivity contribution >= 4 is 14.5 Å². The molecule has 0 N–H and O–H groups in total. The predicted octanol–water partition coefficient (Wildman–Crippen LogP) is 4.39. The summed E-state index contributed by atoms with van der Waals surface area (Å²) in [5, 5.41) is 2.75. The lowest BCUT2D eigenvalue weighted by Crippen LogP contribution is -2.17. The van der Waals surface area contributed by atoms with Crippen molar-refractivity contribution in [2.24, 2.45) is 0 Å². The summed E-state index contributed by atoms with van der Waals surface area (Å²) in [6.07, 6.45) is 7.96. The van der Waals surface area contributed by atoms with Crippen molar-refractivity contribution < 1.29 is 3.79 Å². The highest BCUT2D eigenvalue weighted by molar-refractivity contribution is 6.51. The molecule has 0 saturated heterocycles. The lowest BCUT2D eigenvalue weighted by Gasteiger charge is -2.11. The van der Waals surface area contributed by atoms with Crippen molar-refractivity contribution in [2.45, 2.75) is 69.9 Å². The zero-order chi connectivity index (χ0) is 10.6. The molecule has 0 aromatic rings. The number of unbranched alkanes of at least 4 members (excludes halogenated alkanes) is 3. The monoisotopic (exact) mass is 214 g/mol. The molecule has 0 spiro atoms. The van der Waals surface area contributed by atoms with Crippen LogP contribution in [0.2, 0.25) is 10.6 Å². The summed E-state index contributed by atoms with van der Waals surface area (Å²) in [5.41, 5.74) is 0. The van der Waals surface area contributed by atoms with Crippen molar-refractivity contribution in [3.8, 4) is 0 Å². The average molecular weight is 214 g/mol. The maximum atomic E-state index is 6.01. The van der Waals surface area contributed by atoms with Gasteiger partial charge in [-0.2, -0.15) is 0 Å². The molecule has 2 heteroatoms. The first kappa shape index (κ1) is 14.5. The lowest BCUT2D eigenvalue weighted by atomic mass is 10.2. The minimum atomic E-state index is -0.785. The van der Waals surface area contributed by atoms with Gasteiger partial charge in [0.25, 0.3) is 0 Å². The normalized spacial score (nSPS) is 10.5. The summed E-state index contributed by atoms with van der Waals surface area (Å²) < 4.78 is 6.01. The second-order valence-electron chi connectivity index (χ2n) is 4.13. The van der Waals surface area contributed by atoms with E-state index in [1.807, 2.05) is 0 Å². The average Bonchev–Trinajstić information content (AvgIpc) is 2.18. The topological polar surface area (TPSA) is 9.23 Å². The zero-order valence-electron chi connectivity index (χ0n) is 10.3. The van der Waals surface area contributed by atoms with Gasteiger partial charge < -0.3 is 3.79 Å². The van der Waals surface area contributed by atoms with Crippen molar-refractivity contribution in [3.63, 3.8) is 0 Å². The maximum absolute atomic E-state index is 6.01. The van der Waals surface area contributed by atoms with Gasteiger partial charge in [-0.25, -0.2) is 0 Å². The summed E-state index contributed by atoms with van der Waals surface area (Å²) in [7, 11) is 0. The van der Waals surface area contributed by atoms with Crippen LogP contribution in [0.5, 0.6) is 0 Å². The fraction of sp³-hybridized carbons (Fsp3) is 1.00. The fourth-order valence-corrected chi connectivity index (χ4v) is 4.14. The molecule has 0 aliphatic rings. The first-order chi connectivity index (χ1) is 6.85. The van der Waals surface area contributed by atoms with Crippen LogP contribution in [-0.4, -0.2) is 21.1 Å². The highest BCUT2D eigenvalue weighted by Crippen LogP contribution is 2.08. The standard InChI is InChI=1S/C6H13O.2C3H7.Al/c1-2-3-4-5-6-7;2*1-3-2;/h2-6H2,1H3;2*1,3H2,2H3;/q-1;;;+1. The molecular formula is C12H27AlO. The molecule has 14 heavy (non-hydrogen) atoms. The van der Waals surface area contributed by atoms with E-state index < -0.39 is 14.5 Å². The molecule has 0 atom stereocenters. The molecule has 0 aliphatic carbocycles. The van der Waals surface area contributed by atoms with Crippen LogP contribution in [0.15, 0.2) is 0 Å². The van der Waals surface area contributed by atoms with Crippen LogP contribution < -0.4 is 0 Å². The second-order valence-corrected chi connectivity index (χ2v) is 6.86. The molecule has 0 rings (SSSR count). The van der Waals surface area contributed by atoms with Crippen molar-refractivity contribution in [1.29, 1.82) is 0 Å². The van der Waals surface area contributed by atoms with Gasteiger partial charge >= 0.3 is 14.5 Å². The van der Waals surface area contributed by atoms with Gasteiger partial charge in [0.05, 0.1) is 0 Å². The maximum Gasteiger partial charge on any atom is 0.460 e. The van der Waals surface area contributed by atoms with E-state index in [2.05, 4.69) is 20.8 Å². The smallest absolute Gasteiger partial charge is 0.460 e. The predicted molar refractivity (Wildman–Crippen MR) is 66.0 cm³/mol. The van der Waals surface area contributed by atoms with Gasteiger partial charge in [-0.1, -0.05) is 63.4 Å². The van der Waals surface area contributed by atoms with Crippen LogP contribution in [0.4, 0.5) is 0 Å². The molecule has 0 heterocycles. The van der Waals surface area contributed by atoms with E-state index >= 15 is 0 Å². The van der Waals surface area contributed by atoms with Crippen LogP contribution in [0.25, 0.3) is 0 Å². The van der Waals surface area contributed by atoms with Gasteiger partial charge in [-0.15, -0.1) is 0 Å². The Bertz CT molecular complexity index is 100. The number of rotatable bonds is 10. The number of hydrogen-bond acceptors (Lipinski definition) is 1. The minimum Gasteiger partial charge on any atom is -0.501 e. The van der Waals surface area contributed by atoms with E-state index in [1.54, 1.807) is 0 Å². The molecule has 0 bridgehead atoms. The summed E-state index contributed by atoms with van der Waals surface area (Å²) in [4.78, 5) is 0.